The highest BCUT2D eigenvalue weighted by atomic mass is 19.4. The van der Waals surface area contributed by atoms with Gasteiger partial charge in [-0.15, -0.1) is 0 Å². The molecule has 0 aromatic heterocycles. The van der Waals surface area contributed by atoms with Gasteiger partial charge >= 0.3 is 12.3 Å². The summed E-state index contributed by atoms with van der Waals surface area (Å²) in [5.41, 5.74) is 0. The molecule has 3 nitrogen and oxygen atoms in total. The summed E-state index contributed by atoms with van der Waals surface area (Å²) in [4.78, 5) is 9.84. The molecule has 11 heavy (non-hydrogen) atoms. The number of hydrogen-bond donors (Lipinski definition) is 2. The van der Waals surface area contributed by atoms with Crippen molar-refractivity contribution in [2.24, 2.45) is 5.92 Å². The third-order valence-electron chi connectivity index (χ3n) is 1.52. The average molecular weight is 169 g/mol. The molecule has 1 aliphatic rings. The highest BCUT2D eigenvalue weighted by molar-refractivity contribution is 5.65. The highest BCUT2D eigenvalue weighted by Crippen LogP contribution is 2.44. The van der Waals surface area contributed by atoms with Gasteiger partial charge in [0.15, 0.2) is 0 Å². The first-order valence-corrected chi connectivity index (χ1v) is 2.97. The molecule has 1 aliphatic carbocycles. The van der Waals surface area contributed by atoms with E-state index in [2.05, 4.69) is 0 Å². The van der Waals surface area contributed by atoms with Gasteiger partial charge in [0.25, 0.3) is 0 Å². The first kappa shape index (κ1) is 8.16. The Bertz CT molecular complexity index is 179. The second kappa shape index (κ2) is 2.28. The summed E-state index contributed by atoms with van der Waals surface area (Å²) < 4.78 is 35.1. The lowest BCUT2D eigenvalue weighted by Crippen LogP contribution is -2.28. The van der Waals surface area contributed by atoms with Crippen molar-refractivity contribution < 1.29 is 23.1 Å². The van der Waals surface area contributed by atoms with Crippen molar-refractivity contribution in [2.45, 2.75) is 18.6 Å². The third-order valence-corrected chi connectivity index (χ3v) is 1.52. The quantitative estimate of drug-likeness (QED) is 0.619. The second-order valence-electron chi connectivity index (χ2n) is 2.44. The van der Waals surface area contributed by atoms with Crippen LogP contribution < -0.4 is 5.32 Å². The fourth-order valence-corrected chi connectivity index (χ4v) is 0.875. The van der Waals surface area contributed by atoms with Gasteiger partial charge in [-0.05, 0) is 6.42 Å². The van der Waals surface area contributed by atoms with Gasteiger partial charge in [0.05, 0.1) is 5.92 Å². The number of carbonyl (C=O) groups is 1. The number of hydrogen-bond acceptors (Lipinski definition) is 1. The number of rotatable bonds is 1. The molecule has 1 saturated carbocycles. The molecule has 2 atom stereocenters. The zero-order valence-corrected chi connectivity index (χ0v) is 5.35. The van der Waals surface area contributed by atoms with E-state index in [9.17, 15) is 18.0 Å². The minimum Gasteiger partial charge on any atom is -0.465 e. The van der Waals surface area contributed by atoms with E-state index in [1.807, 2.05) is 0 Å². The van der Waals surface area contributed by atoms with E-state index >= 15 is 0 Å². The third kappa shape index (κ3) is 1.99. The first-order chi connectivity index (χ1) is 4.91. The van der Waals surface area contributed by atoms with Gasteiger partial charge in [0, 0.05) is 6.04 Å². The zero-order chi connectivity index (χ0) is 8.65. The van der Waals surface area contributed by atoms with Crippen molar-refractivity contribution in [1.29, 1.82) is 0 Å². The molecule has 0 aromatic carbocycles. The molecule has 0 heterocycles. The van der Waals surface area contributed by atoms with Crippen molar-refractivity contribution in [3.05, 3.63) is 0 Å². The minimum atomic E-state index is -4.26. The summed E-state index contributed by atoms with van der Waals surface area (Å²) in [7, 11) is 0. The maximum atomic E-state index is 11.7. The maximum Gasteiger partial charge on any atom is 0.404 e. The molecular weight excluding hydrogens is 163 g/mol. The lowest BCUT2D eigenvalue weighted by atomic mass is 10.4. The number of nitrogens with one attached hydrogen (secondary N) is 1. The summed E-state index contributed by atoms with van der Waals surface area (Å²) >= 11 is 0. The molecule has 64 valence electrons. The van der Waals surface area contributed by atoms with Crippen LogP contribution in [0.1, 0.15) is 6.42 Å². The lowest BCUT2D eigenvalue weighted by molar-refractivity contribution is -0.148. The molecule has 0 aromatic rings. The van der Waals surface area contributed by atoms with Gasteiger partial charge in [-0.2, -0.15) is 13.2 Å². The van der Waals surface area contributed by atoms with E-state index in [0.29, 0.717) is 0 Å². The molecule has 2 N–H and O–H groups in total. The lowest BCUT2D eigenvalue weighted by Gasteiger charge is -2.03. The highest BCUT2D eigenvalue weighted by Gasteiger charge is 2.56. The van der Waals surface area contributed by atoms with Crippen LogP contribution in [0.25, 0.3) is 0 Å². The summed E-state index contributed by atoms with van der Waals surface area (Å²) in [6, 6.07) is -0.924. The van der Waals surface area contributed by atoms with Gasteiger partial charge in [-0.1, -0.05) is 0 Å². The van der Waals surface area contributed by atoms with Crippen LogP contribution in [-0.4, -0.2) is 23.4 Å². The monoisotopic (exact) mass is 169 g/mol. The number of alkyl halides is 3. The maximum absolute atomic E-state index is 11.7. The topological polar surface area (TPSA) is 49.3 Å². The number of amides is 1. The Morgan fingerprint density at radius 2 is 2.09 bits per heavy atom. The first-order valence-electron chi connectivity index (χ1n) is 2.97. The van der Waals surface area contributed by atoms with Crippen LogP contribution in [0.15, 0.2) is 0 Å². The van der Waals surface area contributed by atoms with E-state index in [4.69, 9.17) is 5.11 Å². The molecule has 0 aliphatic heterocycles. The van der Waals surface area contributed by atoms with Gasteiger partial charge < -0.3 is 10.4 Å². The molecule has 1 rings (SSSR count). The Morgan fingerprint density at radius 1 is 1.55 bits per heavy atom. The molecular formula is C5H6F3NO2. The summed E-state index contributed by atoms with van der Waals surface area (Å²) in [5, 5.41) is 9.80. The van der Waals surface area contributed by atoms with Crippen molar-refractivity contribution in [1.82, 2.24) is 5.32 Å². The van der Waals surface area contributed by atoms with Crippen LogP contribution in [0.5, 0.6) is 0 Å². The summed E-state index contributed by atoms with van der Waals surface area (Å²) in [6.45, 7) is 0. The van der Waals surface area contributed by atoms with E-state index in [1.54, 1.807) is 5.32 Å². The van der Waals surface area contributed by atoms with Crippen LogP contribution >= 0.6 is 0 Å². The Hall–Kier alpha value is -0.940. The molecule has 0 spiro atoms. The molecule has 1 amide bonds. The van der Waals surface area contributed by atoms with Gasteiger partial charge in [0.1, 0.15) is 0 Å². The summed E-state index contributed by atoms with van der Waals surface area (Å²) in [5.74, 6) is -1.47. The molecule has 1 fully saturated rings. The fraction of sp³-hybridized carbons (Fsp3) is 0.800. The van der Waals surface area contributed by atoms with Crippen molar-refractivity contribution in [3.8, 4) is 0 Å². The minimum absolute atomic E-state index is 0.129. The average Bonchev–Trinajstić information content (AvgIpc) is 2.40. The number of halogens is 3. The van der Waals surface area contributed by atoms with Gasteiger partial charge in [0.2, 0.25) is 0 Å². The van der Waals surface area contributed by atoms with Crippen LogP contribution in [0.3, 0.4) is 0 Å². The van der Waals surface area contributed by atoms with Crippen molar-refractivity contribution in [3.63, 3.8) is 0 Å². The Morgan fingerprint density at radius 3 is 2.36 bits per heavy atom. The zero-order valence-electron chi connectivity index (χ0n) is 5.35. The summed E-state index contributed by atoms with van der Waals surface area (Å²) in [6.07, 6.45) is -5.79. The van der Waals surface area contributed by atoms with Crippen molar-refractivity contribution >= 4 is 6.09 Å². The smallest absolute Gasteiger partial charge is 0.404 e. The van der Waals surface area contributed by atoms with E-state index < -0.39 is 24.2 Å². The van der Waals surface area contributed by atoms with Gasteiger partial charge in [-0.25, -0.2) is 4.79 Å². The molecule has 0 bridgehead atoms. The predicted octanol–water partition coefficient (Wildman–Crippen LogP) is 1.20. The molecule has 0 saturated heterocycles. The predicted molar refractivity (Wildman–Crippen MR) is 29.1 cm³/mol. The van der Waals surface area contributed by atoms with Crippen molar-refractivity contribution in [2.75, 3.05) is 0 Å². The van der Waals surface area contributed by atoms with Crippen LogP contribution in [0, 0.1) is 5.92 Å². The Balaban J connectivity index is 2.32. The van der Waals surface area contributed by atoms with E-state index in [-0.39, 0.29) is 6.42 Å². The van der Waals surface area contributed by atoms with Crippen LogP contribution in [0.2, 0.25) is 0 Å². The Labute approximate surface area is 60.2 Å². The van der Waals surface area contributed by atoms with Gasteiger partial charge in [-0.3, -0.25) is 0 Å². The Kier molecular flexibility index (Phi) is 1.69. The number of carboxylic acid groups (broad SMARTS) is 1. The SMILES string of the molecule is O=C(O)NC1CC1C(F)(F)F. The van der Waals surface area contributed by atoms with Crippen LogP contribution in [0.4, 0.5) is 18.0 Å². The van der Waals surface area contributed by atoms with E-state index in [1.165, 1.54) is 0 Å². The van der Waals surface area contributed by atoms with E-state index in [0.717, 1.165) is 0 Å². The fourth-order valence-electron chi connectivity index (χ4n) is 0.875. The van der Waals surface area contributed by atoms with Crippen LogP contribution in [-0.2, 0) is 0 Å². The standard InChI is InChI=1S/C5H6F3NO2/c6-5(7,8)2-1-3(2)9-4(10)11/h2-3,9H,1H2,(H,10,11). The molecule has 2 unspecified atom stereocenters. The molecule has 0 radical (unpaired) electrons. The largest absolute Gasteiger partial charge is 0.465 e. The molecule has 6 heteroatoms. The second-order valence-corrected chi connectivity index (χ2v) is 2.44. The normalized spacial score (nSPS) is 29.7.